The first-order valence-corrected chi connectivity index (χ1v) is 11.7. The largest absolute Gasteiger partial charge is 0.499 e. The number of pyridine rings is 1. The van der Waals surface area contributed by atoms with Crippen LogP contribution in [0.25, 0.3) is 0 Å². The van der Waals surface area contributed by atoms with E-state index in [1.165, 1.54) is 11.3 Å². The number of rotatable bonds is 9. The molecule has 3 rings (SSSR count). The normalized spacial score (nSPS) is 13.3. The number of nitriles is 1. The quantitative estimate of drug-likeness (QED) is 0.576. The standard InChI is InChI=1S/C24H28N4O3S/c1-3-18(31-4-2)8-9-22(29)27-24-20(14-25)19-11-13-28(16-21(19)32-24)23(30)10-7-17-6-5-12-26-15-17/h3,5-6,12,15H,4,7-11,13,16H2,1-2H3,(H,27,29)/b18-3-. The van der Waals surface area contributed by atoms with E-state index in [0.29, 0.717) is 55.9 Å². The fourth-order valence-corrected chi connectivity index (χ4v) is 4.92. The molecule has 1 aliphatic rings. The lowest BCUT2D eigenvalue weighted by molar-refractivity contribution is -0.132. The summed E-state index contributed by atoms with van der Waals surface area (Å²) >= 11 is 1.40. The Bertz CT molecular complexity index is 1020. The van der Waals surface area contributed by atoms with Crippen LogP contribution in [0.1, 0.15) is 54.7 Å². The second-order valence-electron chi connectivity index (χ2n) is 7.48. The van der Waals surface area contributed by atoms with E-state index in [9.17, 15) is 14.9 Å². The van der Waals surface area contributed by atoms with Crippen LogP contribution in [-0.4, -0.2) is 34.8 Å². The Labute approximate surface area is 192 Å². The highest BCUT2D eigenvalue weighted by molar-refractivity contribution is 7.16. The van der Waals surface area contributed by atoms with Gasteiger partial charge in [0.25, 0.3) is 0 Å². The predicted octanol–water partition coefficient (Wildman–Crippen LogP) is 4.19. The first-order valence-electron chi connectivity index (χ1n) is 10.8. The number of carbonyl (C=O) groups excluding carboxylic acids is 2. The summed E-state index contributed by atoms with van der Waals surface area (Å²) < 4.78 is 5.48. The molecule has 0 unspecified atom stereocenters. The Morgan fingerprint density at radius 3 is 2.91 bits per heavy atom. The monoisotopic (exact) mass is 452 g/mol. The summed E-state index contributed by atoms with van der Waals surface area (Å²) in [4.78, 5) is 32.1. The fraction of sp³-hybridized carbons (Fsp3) is 0.417. The van der Waals surface area contributed by atoms with Crippen LogP contribution in [0.2, 0.25) is 0 Å². The second-order valence-corrected chi connectivity index (χ2v) is 8.59. The van der Waals surface area contributed by atoms with Crippen molar-refractivity contribution in [3.8, 4) is 6.07 Å². The minimum atomic E-state index is -0.149. The lowest BCUT2D eigenvalue weighted by Crippen LogP contribution is -2.35. The van der Waals surface area contributed by atoms with Crippen LogP contribution in [0.5, 0.6) is 0 Å². The predicted molar refractivity (Wildman–Crippen MR) is 124 cm³/mol. The van der Waals surface area contributed by atoms with Gasteiger partial charge < -0.3 is 15.0 Å². The van der Waals surface area contributed by atoms with Gasteiger partial charge in [-0.05, 0) is 50.0 Å². The van der Waals surface area contributed by atoms with E-state index in [2.05, 4.69) is 16.4 Å². The lowest BCUT2D eigenvalue weighted by Gasteiger charge is -2.27. The summed E-state index contributed by atoms with van der Waals surface area (Å²) in [5.41, 5.74) is 2.52. The zero-order valence-corrected chi connectivity index (χ0v) is 19.3. The molecule has 2 aromatic heterocycles. The van der Waals surface area contributed by atoms with E-state index in [0.717, 1.165) is 21.8 Å². The number of carbonyl (C=O) groups is 2. The molecular weight excluding hydrogens is 424 g/mol. The summed E-state index contributed by atoms with van der Waals surface area (Å²) in [5, 5.41) is 13.1. The molecule has 2 amide bonds. The summed E-state index contributed by atoms with van der Waals surface area (Å²) in [5.74, 6) is 0.726. The molecule has 0 fully saturated rings. The van der Waals surface area contributed by atoms with Crippen molar-refractivity contribution in [3.63, 3.8) is 0 Å². The highest BCUT2D eigenvalue weighted by Gasteiger charge is 2.27. The first kappa shape index (κ1) is 23.5. The summed E-state index contributed by atoms with van der Waals surface area (Å²) in [6.07, 6.45) is 7.86. The number of aromatic nitrogens is 1. The lowest BCUT2D eigenvalue weighted by atomic mass is 10.0. The average Bonchev–Trinajstić information content (AvgIpc) is 3.16. The van der Waals surface area contributed by atoms with Crippen molar-refractivity contribution in [1.29, 1.82) is 5.26 Å². The van der Waals surface area contributed by atoms with Crippen LogP contribution < -0.4 is 5.32 Å². The summed E-state index contributed by atoms with van der Waals surface area (Å²) in [7, 11) is 0. The molecule has 7 nitrogen and oxygen atoms in total. The fourth-order valence-electron chi connectivity index (χ4n) is 3.69. The Kier molecular flexibility index (Phi) is 8.40. The number of aryl methyl sites for hydroxylation is 1. The zero-order valence-electron chi connectivity index (χ0n) is 18.5. The SMILES string of the molecule is C/C=C(/CCC(=O)Nc1sc2c(c1C#N)CCN(C(=O)CCc1cccnc1)C2)OCC. The minimum absolute atomic E-state index is 0.0896. The van der Waals surface area contributed by atoms with E-state index in [1.54, 1.807) is 12.4 Å². The van der Waals surface area contributed by atoms with Crippen molar-refractivity contribution in [2.45, 2.75) is 52.5 Å². The molecule has 32 heavy (non-hydrogen) atoms. The second kappa shape index (κ2) is 11.4. The van der Waals surface area contributed by atoms with Gasteiger partial charge in [0.15, 0.2) is 0 Å². The average molecular weight is 453 g/mol. The number of allylic oxidation sites excluding steroid dienone is 2. The minimum Gasteiger partial charge on any atom is -0.499 e. The van der Waals surface area contributed by atoms with Gasteiger partial charge in [-0.1, -0.05) is 6.07 Å². The number of nitrogens with zero attached hydrogens (tertiary/aromatic N) is 3. The number of thiophene rings is 1. The Balaban J connectivity index is 1.61. The third-order valence-electron chi connectivity index (χ3n) is 5.37. The molecular formula is C24H28N4O3S. The third kappa shape index (κ3) is 5.95. The number of nitrogens with one attached hydrogen (secondary N) is 1. The zero-order chi connectivity index (χ0) is 22.9. The summed E-state index contributed by atoms with van der Waals surface area (Å²) in [6, 6.07) is 6.08. The number of anilines is 1. The molecule has 0 aromatic carbocycles. The number of hydrogen-bond acceptors (Lipinski definition) is 6. The van der Waals surface area contributed by atoms with E-state index < -0.39 is 0 Å². The van der Waals surface area contributed by atoms with Crippen molar-refractivity contribution in [3.05, 3.63) is 57.9 Å². The van der Waals surface area contributed by atoms with E-state index >= 15 is 0 Å². The molecule has 3 heterocycles. The maximum Gasteiger partial charge on any atom is 0.225 e. The molecule has 0 saturated heterocycles. The van der Waals surface area contributed by atoms with Gasteiger partial charge in [0.05, 0.1) is 24.5 Å². The van der Waals surface area contributed by atoms with Crippen LogP contribution in [-0.2, 0) is 33.7 Å². The molecule has 0 spiro atoms. The molecule has 0 bridgehead atoms. The molecule has 1 aliphatic heterocycles. The van der Waals surface area contributed by atoms with E-state index in [-0.39, 0.29) is 18.2 Å². The number of fused-ring (bicyclic) bond motifs is 1. The van der Waals surface area contributed by atoms with E-state index in [1.807, 2.05) is 37.0 Å². The topological polar surface area (TPSA) is 95.3 Å². The Hall–Kier alpha value is -3.18. The molecule has 0 aliphatic carbocycles. The number of hydrogen-bond donors (Lipinski definition) is 1. The maximum absolute atomic E-state index is 12.7. The molecule has 0 radical (unpaired) electrons. The molecule has 0 saturated carbocycles. The van der Waals surface area contributed by atoms with Crippen LogP contribution in [0.15, 0.2) is 36.4 Å². The Morgan fingerprint density at radius 2 is 2.22 bits per heavy atom. The number of amides is 2. The Morgan fingerprint density at radius 1 is 1.38 bits per heavy atom. The molecule has 8 heteroatoms. The molecule has 0 atom stereocenters. The van der Waals surface area contributed by atoms with Gasteiger partial charge >= 0.3 is 0 Å². The van der Waals surface area contributed by atoms with Gasteiger partial charge in [0, 0.05) is 43.1 Å². The van der Waals surface area contributed by atoms with Gasteiger partial charge in [-0.2, -0.15) is 5.26 Å². The van der Waals surface area contributed by atoms with Gasteiger partial charge in [-0.15, -0.1) is 11.3 Å². The maximum atomic E-state index is 12.7. The smallest absolute Gasteiger partial charge is 0.225 e. The van der Waals surface area contributed by atoms with Crippen molar-refractivity contribution < 1.29 is 14.3 Å². The van der Waals surface area contributed by atoms with Crippen molar-refractivity contribution in [2.24, 2.45) is 0 Å². The van der Waals surface area contributed by atoms with E-state index in [4.69, 9.17) is 4.74 Å². The highest BCUT2D eigenvalue weighted by Crippen LogP contribution is 2.37. The number of ether oxygens (including phenoxy) is 1. The van der Waals surface area contributed by atoms with Crippen LogP contribution in [0.3, 0.4) is 0 Å². The molecule has 1 N–H and O–H groups in total. The first-order chi connectivity index (χ1) is 15.5. The van der Waals surface area contributed by atoms with Gasteiger partial charge in [-0.3, -0.25) is 14.6 Å². The summed E-state index contributed by atoms with van der Waals surface area (Å²) in [6.45, 7) is 5.41. The van der Waals surface area contributed by atoms with Crippen LogP contribution >= 0.6 is 11.3 Å². The van der Waals surface area contributed by atoms with Crippen molar-refractivity contribution in [2.75, 3.05) is 18.5 Å². The molecule has 2 aromatic rings. The third-order valence-corrected chi connectivity index (χ3v) is 6.51. The van der Waals surface area contributed by atoms with Crippen molar-refractivity contribution in [1.82, 2.24) is 9.88 Å². The molecule has 168 valence electrons. The van der Waals surface area contributed by atoms with Gasteiger partial charge in [0.1, 0.15) is 11.1 Å². The van der Waals surface area contributed by atoms with Crippen LogP contribution in [0.4, 0.5) is 5.00 Å². The highest BCUT2D eigenvalue weighted by atomic mass is 32.1. The van der Waals surface area contributed by atoms with Crippen molar-refractivity contribution >= 4 is 28.2 Å². The van der Waals surface area contributed by atoms with Gasteiger partial charge in [0.2, 0.25) is 11.8 Å². The van der Waals surface area contributed by atoms with Crippen LogP contribution in [0, 0.1) is 11.3 Å². The van der Waals surface area contributed by atoms with Gasteiger partial charge in [-0.25, -0.2) is 0 Å².